The summed E-state index contributed by atoms with van der Waals surface area (Å²) >= 11 is 0.921. The standard InChI is InChI=1S/C7H7S.ClH.Hg/c1-2-7(8-5-1)6-3-4-6;;/h1-2,6H,3-4H2;1H;/q;;+1/p-1. The second kappa shape index (κ2) is 3.12. The first kappa shape index (κ1) is 7.57. The van der Waals surface area contributed by atoms with Crippen molar-refractivity contribution >= 4 is 22.0 Å². The molecule has 0 unspecified atom stereocenters. The monoisotopic (exact) mass is 360 g/mol. The number of halogens is 1. The Morgan fingerprint density at radius 2 is 2.30 bits per heavy atom. The Bertz CT molecular complexity index is 229. The zero-order valence-corrected chi connectivity index (χ0v) is 12.7. The maximum absolute atomic E-state index is 5.90. The Labute approximate surface area is 80.5 Å². The molecular weight excluding hydrogens is 352 g/mol. The first-order chi connectivity index (χ1) is 4.90. The van der Waals surface area contributed by atoms with Gasteiger partial charge in [0.05, 0.1) is 0 Å². The molecule has 0 aromatic carbocycles. The summed E-state index contributed by atoms with van der Waals surface area (Å²) in [4.78, 5) is 1.59. The summed E-state index contributed by atoms with van der Waals surface area (Å²) in [5.74, 6) is 0.926. The Morgan fingerprint density at radius 1 is 1.50 bits per heavy atom. The Morgan fingerprint density at radius 3 is 2.80 bits per heavy atom. The molecule has 3 heteroatoms. The molecule has 50 valence electrons. The third kappa shape index (κ3) is 1.57. The van der Waals surface area contributed by atoms with Crippen LogP contribution in [-0.2, 0) is 23.3 Å². The fourth-order valence-electron chi connectivity index (χ4n) is 1.05. The van der Waals surface area contributed by atoms with E-state index in [1.807, 2.05) is 11.3 Å². The predicted octanol–water partition coefficient (Wildman–Crippen LogP) is 2.49. The van der Waals surface area contributed by atoms with Gasteiger partial charge in [0.1, 0.15) is 0 Å². The average Bonchev–Trinajstić information content (AvgIpc) is 2.70. The molecular formula is C7H7ClHgS. The van der Waals surface area contributed by atoms with Crippen LogP contribution < -0.4 is 2.39 Å². The Kier molecular flexibility index (Phi) is 2.36. The molecule has 1 fully saturated rings. The van der Waals surface area contributed by atoms with E-state index in [0.717, 1.165) is 5.92 Å². The molecule has 0 spiro atoms. The summed E-state index contributed by atoms with van der Waals surface area (Å²) in [5.41, 5.74) is 0. The molecule has 0 atom stereocenters. The number of hydrogen-bond acceptors (Lipinski definition) is 1. The first-order valence-electron chi connectivity index (χ1n) is 3.54. The summed E-state index contributed by atoms with van der Waals surface area (Å²) in [6, 6.07) is 4.52. The van der Waals surface area contributed by atoms with Crippen LogP contribution in [0.3, 0.4) is 0 Å². The first-order valence-corrected chi connectivity index (χ1v) is 13.9. The third-order valence-corrected chi connectivity index (χ3v) is 11.7. The molecule has 0 amide bonds. The van der Waals surface area contributed by atoms with E-state index >= 15 is 0 Å². The molecule has 1 saturated carbocycles. The van der Waals surface area contributed by atoms with Crippen LogP contribution in [0, 0.1) is 0 Å². The van der Waals surface area contributed by atoms with Gasteiger partial charge in [-0.3, -0.25) is 0 Å². The average molecular weight is 359 g/mol. The summed E-state index contributed by atoms with van der Waals surface area (Å²) in [5, 5.41) is 0. The van der Waals surface area contributed by atoms with E-state index in [9.17, 15) is 0 Å². The molecule has 1 heterocycles. The van der Waals surface area contributed by atoms with Gasteiger partial charge in [0, 0.05) is 0 Å². The molecule has 0 saturated heterocycles. The number of hydrogen-bond donors (Lipinski definition) is 0. The van der Waals surface area contributed by atoms with E-state index in [1.54, 1.807) is 4.88 Å². The number of rotatable bonds is 2. The van der Waals surface area contributed by atoms with Crippen LogP contribution >= 0.6 is 19.6 Å². The van der Waals surface area contributed by atoms with Gasteiger partial charge in [0.2, 0.25) is 0 Å². The molecule has 1 aromatic heterocycles. The van der Waals surface area contributed by atoms with E-state index in [2.05, 4.69) is 12.1 Å². The van der Waals surface area contributed by atoms with Gasteiger partial charge in [0.25, 0.3) is 0 Å². The van der Waals surface area contributed by atoms with Crippen molar-refractivity contribution in [3.05, 3.63) is 17.0 Å². The molecule has 1 aromatic rings. The van der Waals surface area contributed by atoms with E-state index in [-0.39, 0.29) is 0 Å². The van der Waals surface area contributed by atoms with Gasteiger partial charge < -0.3 is 0 Å². The van der Waals surface area contributed by atoms with Gasteiger partial charge in [0.15, 0.2) is 0 Å². The van der Waals surface area contributed by atoms with Crippen molar-refractivity contribution in [3.8, 4) is 0 Å². The molecule has 0 N–H and O–H groups in total. The maximum atomic E-state index is 5.90. The van der Waals surface area contributed by atoms with Crippen LogP contribution in [-0.4, -0.2) is 0 Å². The van der Waals surface area contributed by atoms with Gasteiger partial charge in [-0.1, -0.05) is 0 Å². The van der Waals surface area contributed by atoms with Crippen molar-refractivity contribution < 1.29 is 23.3 Å². The topological polar surface area (TPSA) is 0 Å². The third-order valence-electron chi connectivity index (χ3n) is 1.79. The van der Waals surface area contributed by atoms with Crippen molar-refractivity contribution in [2.45, 2.75) is 18.8 Å². The number of thiophene rings is 1. The zero-order chi connectivity index (χ0) is 6.97. The molecule has 1 aliphatic rings. The van der Waals surface area contributed by atoms with Crippen molar-refractivity contribution in [2.24, 2.45) is 0 Å². The van der Waals surface area contributed by atoms with Gasteiger partial charge in [-0.2, -0.15) is 0 Å². The molecule has 0 aliphatic heterocycles. The summed E-state index contributed by atoms with van der Waals surface area (Å²) in [6.45, 7) is 0. The van der Waals surface area contributed by atoms with E-state index < -0.39 is 23.3 Å². The normalized spacial score (nSPS) is 16.9. The quantitative estimate of drug-likeness (QED) is 0.712. The Balaban J connectivity index is 2.19. The van der Waals surface area contributed by atoms with Crippen LogP contribution in [0.1, 0.15) is 23.6 Å². The van der Waals surface area contributed by atoms with Crippen molar-refractivity contribution in [3.63, 3.8) is 0 Å². The molecule has 0 radical (unpaired) electrons. The minimum atomic E-state index is -1.05. The van der Waals surface area contributed by atoms with Crippen molar-refractivity contribution in [1.82, 2.24) is 0 Å². The second-order valence-corrected chi connectivity index (χ2v) is 12.2. The second-order valence-electron chi connectivity index (χ2n) is 2.71. The summed E-state index contributed by atoms with van der Waals surface area (Å²) < 4.78 is 1.53. The van der Waals surface area contributed by atoms with Gasteiger partial charge in [-0.15, -0.1) is 0 Å². The van der Waals surface area contributed by atoms with Gasteiger partial charge in [-0.25, -0.2) is 0 Å². The fraction of sp³-hybridized carbons (Fsp3) is 0.429. The predicted molar refractivity (Wildman–Crippen MR) is 41.8 cm³/mol. The Hall–Kier alpha value is 0.925. The molecule has 0 bridgehead atoms. The van der Waals surface area contributed by atoms with Crippen LogP contribution in [0.4, 0.5) is 0 Å². The van der Waals surface area contributed by atoms with E-state index in [0.29, 0.717) is 0 Å². The summed E-state index contributed by atoms with van der Waals surface area (Å²) in [7, 11) is 5.90. The SMILES string of the molecule is [Cl][Hg][c]1ccc(C2CC2)s1. The molecule has 10 heavy (non-hydrogen) atoms. The zero-order valence-electron chi connectivity index (χ0n) is 5.64. The van der Waals surface area contributed by atoms with Crippen LogP contribution in [0.25, 0.3) is 0 Å². The summed E-state index contributed by atoms with van der Waals surface area (Å²) in [6.07, 6.45) is 2.83. The van der Waals surface area contributed by atoms with Crippen LogP contribution in [0.2, 0.25) is 0 Å². The van der Waals surface area contributed by atoms with Gasteiger partial charge >= 0.3 is 81.1 Å². The minimum absolute atomic E-state index is 0.926. The van der Waals surface area contributed by atoms with E-state index in [4.69, 9.17) is 8.25 Å². The van der Waals surface area contributed by atoms with Gasteiger partial charge in [-0.05, 0) is 0 Å². The molecule has 0 nitrogen and oxygen atoms in total. The van der Waals surface area contributed by atoms with Crippen LogP contribution in [0.15, 0.2) is 12.1 Å². The van der Waals surface area contributed by atoms with Crippen molar-refractivity contribution in [1.29, 1.82) is 0 Å². The molecule has 1 aliphatic carbocycles. The van der Waals surface area contributed by atoms with Crippen molar-refractivity contribution in [2.75, 3.05) is 0 Å². The van der Waals surface area contributed by atoms with E-state index in [1.165, 1.54) is 15.2 Å². The molecule has 2 rings (SSSR count). The van der Waals surface area contributed by atoms with Crippen LogP contribution in [0.5, 0.6) is 0 Å². The fourth-order valence-corrected chi connectivity index (χ4v) is 7.69.